The summed E-state index contributed by atoms with van der Waals surface area (Å²) in [6, 6.07) is 6.48. The molecule has 1 aliphatic carbocycles. The van der Waals surface area contributed by atoms with Crippen molar-refractivity contribution in [2.24, 2.45) is 11.8 Å². The third-order valence-electron chi connectivity index (χ3n) is 4.55. The fourth-order valence-corrected chi connectivity index (χ4v) is 3.27. The number of benzene rings is 1. The lowest BCUT2D eigenvalue weighted by Gasteiger charge is -2.42. The highest BCUT2D eigenvalue weighted by molar-refractivity contribution is 5.33. The van der Waals surface area contributed by atoms with Crippen LogP contribution in [0.2, 0.25) is 0 Å². The van der Waals surface area contributed by atoms with Crippen LogP contribution in [0.1, 0.15) is 49.8 Å². The van der Waals surface area contributed by atoms with Crippen LogP contribution in [0.25, 0.3) is 0 Å². The maximum Gasteiger partial charge on any atom is 0.0924 e. The summed E-state index contributed by atoms with van der Waals surface area (Å²) in [5.74, 6) is 0.951. The molecule has 1 saturated carbocycles. The van der Waals surface area contributed by atoms with Crippen molar-refractivity contribution in [3.63, 3.8) is 0 Å². The molecule has 3 unspecified atom stereocenters. The molecule has 1 N–H and O–H groups in total. The van der Waals surface area contributed by atoms with E-state index in [2.05, 4.69) is 45.9 Å². The lowest BCUT2D eigenvalue weighted by molar-refractivity contribution is -0.0689. The van der Waals surface area contributed by atoms with Gasteiger partial charge in [0.05, 0.1) is 5.60 Å². The van der Waals surface area contributed by atoms with Gasteiger partial charge in [0.25, 0.3) is 0 Å². The monoisotopic (exact) mass is 232 g/mol. The highest BCUT2D eigenvalue weighted by Crippen LogP contribution is 2.44. The van der Waals surface area contributed by atoms with E-state index < -0.39 is 5.60 Å². The summed E-state index contributed by atoms with van der Waals surface area (Å²) >= 11 is 0. The van der Waals surface area contributed by atoms with Gasteiger partial charge < -0.3 is 5.11 Å². The van der Waals surface area contributed by atoms with E-state index in [9.17, 15) is 5.11 Å². The van der Waals surface area contributed by atoms with Crippen LogP contribution in [0.5, 0.6) is 0 Å². The topological polar surface area (TPSA) is 20.2 Å². The maximum atomic E-state index is 11.0. The van der Waals surface area contributed by atoms with E-state index in [1.165, 1.54) is 17.5 Å². The first-order valence-corrected chi connectivity index (χ1v) is 6.74. The number of hydrogen-bond donors (Lipinski definition) is 1. The Morgan fingerprint density at radius 1 is 1.12 bits per heavy atom. The molecule has 0 amide bonds. The molecule has 0 aromatic heterocycles. The Labute approximate surface area is 105 Å². The van der Waals surface area contributed by atoms with Gasteiger partial charge in [0, 0.05) is 0 Å². The first kappa shape index (κ1) is 12.6. The maximum absolute atomic E-state index is 11.0. The average Bonchev–Trinajstić information content (AvgIpc) is 2.24. The number of rotatable bonds is 1. The molecule has 1 heteroatoms. The van der Waals surface area contributed by atoms with E-state index in [0.29, 0.717) is 11.8 Å². The first-order valence-electron chi connectivity index (χ1n) is 6.74. The molecule has 3 atom stereocenters. The molecule has 1 fully saturated rings. The third-order valence-corrected chi connectivity index (χ3v) is 4.55. The van der Waals surface area contributed by atoms with Crippen molar-refractivity contribution in [2.45, 2.75) is 52.6 Å². The molecule has 0 heterocycles. The van der Waals surface area contributed by atoms with Gasteiger partial charge in [-0.15, -0.1) is 0 Å². The van der Waals surface area contributed by atoms with E-state index in [1.807, 2.05) is 0 Å². The Balaban J connectivity index is 2.42. The Hall–Kier alpha value is -0.820. The Morgan fingerprint density at radius 3 is 2.29 bits per heavy atom. The Kier molecular flexibility index (Phi) is 3.31. The molecular formula is C16H24O. The molecule has 2 rings (SSSR count). The first-order chi connectivity index (χ1) is 7.93. The molecule has 0 radical (unpaired) electrons. The van der Waals surface area contributed by atoms with E-state index in [1.54, 1.807) is 0 Å². The standard InChI is InChI=1S/C16H24O/c1-11-8-12(2)10-15(9-11)16(17)7-5-6-13(3)14(16)4/h8-10,13-14,17H,5-7H2,1-4H3. The van der Waals surface area contributed by atoms with Crippen LogP contribution in [0.3, 0.4) is 0 Å². The SMILES string of the molecule is Cc1cc(C)cc(C2(O)CCCC(C)C2C)c1. The van der Waals surface area contributed by atoms with Crippen molar-refractivity contribution >= 4 is 0 Å². The summed E-state index contributed by atoms with van der Waals surface area (Å²) in [4.78, 5) is 0. The van der Waals surface area contributed by atoms with E-state index in [-0.39, 0.29) is 0 Å². The van der Waals surface area contributed by atoms with Crippen molar-refractivity contribution in [1.82, 2.24) is 0 Å². The molecule has 17 heavy (non-hydrogen) atoms. The van der Waals surface area contributed by atoms with Crippen LogP contribution < -0.4 is 0 Å². The fraction of sp³-hybridized carbons (Fsp3) is 0.625. The summed E-state index contributed by atoms with van der Waals surface area (Å²) in [7, 11) is 0. The molecule has 0 saturated heterocycles. The number of aliphatic hydroxyl groups is 1. The predicted molar refractivity (Wildman–Crippen MR) is 72.0 cm³/mol. The predicted octanol–water partition coefficient (Wildman–Crippen LogP) is 3.95. The minimum absolute atomic E-state index is 0.345. The zero-order chi connectivity index (χ0) is 12.6. The minimum Gasteiger partial charge on any atom is -0.385 e. The second-order valence-electron chi connectivity index (χ2n) is 5.96. The van der Waals surface area contributed by atoms with E-state index >= 15 is 0 Å². The molecule has 1 nitrogen and oxygen atoms in total. The third kappa shape index (κ3) is 2.26. The van der Waals surface area contributed by atoms with Gasteiger partial charge in [-0.25, -0.2) is 0 Å². The Morgan fingerprint density at radius 2 is 1.71 bits per heavy atom. The minimum atomic E-state index is -0.617. The normalized spacial score (nSPS) is 33.7. The largest absolute Gasteiger partial charge is 0.385 e. The van der Waals surface area contributed by atoms with Gasteiger partial charge >= 0.3 is 0 Å². The second kappa shape index (κ2) is 4.45. The molecule has 0 bridgehead atoms. The zero-order valence-corrected chi connectivity index (χ0v) is 11.5. The van der Waals surface area contributed by atoms with Gasteiger partial charge in [-0.3, -0.25) is 0 Å². The van der Waals surface area contributed by atoms with Crippen LogP contribution in [0.15, 0.2) is 18.2 Å². The van der Waals surface area contributed by atoms with Crippen LogP contribution in [0.4, 0.5) is 0 Å². The summed E-state index contributed by atoms with van der Waals surface area (Å²) in [6.07, 6.45) is 3.28. The number of hydrogen-bond acceptors (Lipinski definition) is 1. The van der Waals surface area contributed by atoms with Crippen LogP contribution in [-0.4, -0.2) is 5.11 Å². The lowest BCUT2D eigenvalue weighted by Crippen LogP contribution is -2.40. The highest BCUT2D eigenvalue weighted by atomic mass is 16.3. The lowest BCUT2D eigenvalue weighted by atomic mass is 9.67. The molecule has 0 spiro atoms. The van der Waals surface area contributed by atoms with Gasteiger partial charge in [0.2, 0.25) is 0 Å². The van der Waals surface area contributed by atoms with E-state index in [4.69, 9.17) is 0 Å². The quantitative estimate of drug-likeness (QED) is 0.777. The fourth-order valence-electron chi connectivity index (χ4n) is 3.27. The molecule has 94 valence electrons. The van der Waals surface area contributed by atoms with Crippen molar-refractivity contribution in [1.29, 1.82) is 0 Å². The average molecular weight is 232 g/mol. The van der Waals surface area contributed by atoms with Crippen molar-refractivity contribution in [2.75, 3.05) is 0 Å². The molecule has 1 aromatic rings. The van der Waals surface area contributed by atoms with Gasteiger partial charge in [0.15, 0.2) is 0 Å². The molecule has 0 aliphatic heterocycles. The highest BCUT2D eigenvalue weighted by Gasteiger charge is 2.41. The number of aryl methyl sites for hydroxylation is 2. The van der Waals surface area contributed by atoms with Crippen LogP contribution in [0, 0.1) is 25.7 Å². The molecular weight excluding hydrogens is 208 g/mol. The molecule has 1 aromatic carbocycles. The Bertz CT molecular complexity index is 390. The van der Waals surface area contributed by atoms with Gasteiger partial charge in [-0.05, 0) is 44.1 Å². The smallest absolute Gasteiger partial charge is 0.0924 e. The van der Waals surface area contributed by atoms with Crippen LogP contribution in [-0.2, 0) is 5.60 Å². The summed E-state index contributed by atoms with van der Waals surface area (Å²) in [5.41, 5.74) is 3.00. The molecule has 1 aliphatic rings. The van der Waals surface area contributed by atoms with Gasteiger partial charge in [-0.2, -0.15) is 0 Å². The summed E-state index contributed by atoms with van der Waals surface area (Å²) < 4.78 is 0. The van der Waals surface area contributed by atoms with Crippen molar-refractivity contribution in [3.8, 4) is 0 Å². The van der Waals surface area contributed by atoms with Crippen molar-refractivity contribution in [3.05, 3.63) is 34.9 Å². The second-order valence-corrected chi connectivity index (χ2v) is 5.96. The van der Waals surface area contributed by atoms with Gasteiger partial charge in [-0.1, -0.05) is 49.6 Å². The van der Waals surface area contributed by atoms with Crippen molar-refractivity contribution < 1.29 is 5.11 Å². The van der Waals surface area contributed by atoms with Crippen LogP contribution >= 0.6 is 0 Å². The van der Waals surface area contributed by atoms with E-state index in [0.717, 1.165) is 18.4 Å². The zero-order valence-electron chi connectivity index (χ0n) is 11.5. The van der Waals surface area contributed by atoms with Gasteiger partial charge in [0.1, 0.15) is 0 Å². The summed E-state index contributed by atoms with van der Waals surface area (Å²) in [6.45, 7) is 8.67. The summed E-state index contributed by atoms with van der Waals surface area (Å²) in [5, 5.41) is 11.0.